The van der Waals surface area contributed by atoms with Crippen molar-refractivity contribution in [1.82, 2.24) is 0 Å². The third-order valence-electron chi connectivity index (χ3n) is 13.3. The van der Waals surface area contributed by atoms with E-state index in [0.29, 0.717) is 36.1 Å². The first kappa shape index (κ1) is 34.3. The number of carbonyl (C=O) groups excluding carboxylic acids is 1. The highest BCUT2D eigenvalue weighted by molar-refractivity contribution is 5.69. The predicted molar refractivity (Wildman–Crippen MR) is 183 cm³/mol. The van der Waals surface area contributed by atoms with Crippen molar-refractivity contribution in [3.05, 3.63) is 35.4 Å². The van der Waals surface area contributed by atoms with Gasteiger partial charge < -0.3 is 16.2 Å². The molecule has 1 aromatic carbocycles. The maximum Gasteiger partial charge on any atom is 0.306 e. The van der Waals surface area contributed by atoms with Gasteiger partial charge in [0.25, 0.3) is 0 Å². The van der Waals surface area contributed by atoms with Gasteiger partial charge in [0.05, 0.1) is 6.10 Å². The van der Waals surface area contributed by atoms with Crippen molar-refractivity contribution >= 4 is 17.3 Å². The number of allylic oxidation sites excluding steroid dienone is 2. The van der Waals surface area contributed by atoms with Gasteiger partial charge >= 0.3 is 5.97 Å². The average molecular weight is 623 g/mol. The van der Waals surface area contributed by atoms with E-state index in [-0.39, 0.29) is 30.0 Å². The Hall–Kier alpha value is -2.05. The van der Waals surface area contributed by atoms with Gasteiger partial charge in [-0.2, -0.15) is 0 Å². The van der Waals surface area contributed by atoms with Crippen molar-refractivity contribution in [3.63, 3.8) is 0 Å². The van der Waals surface area contributed by atoms with E-state index in [1.165, 1.54) is 57.8 Å². The number of hydrogen-bond acceptors (Lipinski definition) is 6. The lowest BCUT2D eigenvalue weighted by Gasteiger charge is -2.59. The molecule has 0 heterocycles. The van der Waals surface area contributed by atoms with Crippen LogP contribution in [0.25, 0.3) is 0 Å². The smallest absolute Gasteiger partial charge is 0.306 e. The van der Waals surface area contributed by atoms with Crippen molar-refractivity contribution in [1.29, 1.82) is 0 Å². The summed E-state index contributed by atoms with van der Waals surface area (Å²) in [5, 5.41) is 9.92. The lowest BCUT2D eigenvalue weighted by Crippen LogP contribution is -2.51. The number of ether oxygens (including phenoxy) is 1. The molecule has 252 valence electrons. The van der Waals surface area contributed by atoms with Crippen LogP contribution in [0.4, 0.5) is 11.4 Å². The molecule has 1 aromatic rings. The van der Waals surface area contributed by atoms with Crippen LogP contribution in [-0.2, 0) is 21.0 Å². The molecule has 9 atom stereocenters. The molecule has 0 aromatic heterocycles. The van der Waals surface area contributed by atoms with Gasteiger partial charge in [0, 0.05) is 17.8 Å². The summed E-state index contributed by atoms with van der Waals surface area (Å²) < 4.78 is 5.45. The SMILES string of the molecule is CC(C)CCCC(C)C1CCC2C3CC=C4CC(C(CCCC(=O)OCc5cc(N)cc(N)c5)OO)CCC4(C)C3CCC12C. The number of esters is 1. The molecule has 0 amide bonds. The minimum atomic E-state index is -0.256. The zero-order chi connectivity index (χ0) is 32.4. The van der Waals surface area contributed by atoms with Gasteiger partial charge in [-0.25, -0.2) is 4.89 Å². The molecule has 6 heteroatoms. The van der Waals surface area contributed by atoms with Crippen LogP contribution in [-0.4, -0.2) is 17.3 Å². The van der Waals surface area contributed by atoms with E-state index >= 15 is 0 Å². The maximum atomic E-state index is 12.4. The second-order valence-corrected chi connectivity index (χ2v) is 16.5. The van der Waals surface area contributed by atoms with Gasteiger partial charge in [0.1, 0.15) is 6.61 Å². The standard InChI is InChI=1S/C39H62N2O4/c1-25(2)8-6-9-26(3)33-14-15-34-32-13-12-29-22-28(16-18-38(29,4)35(32)17-19-39(33,34)5)36(45-43)10-7-11-37(42)44-24-27-20-30(40)23-31(41)21-27/h12,20-21,23,25-26,28,32-36,43H,6-11,13-19,22,24,40-41H2,1-5H3. The van der Waals surface area contributed by atoms with E-state index in [4.69, 9.17) is 21.1 Å². The monoisotopic (exact) mass is 622 g/mol. The Morgan fingerprint density at radius 3 is 2.42 bits per heavy atom. The second-order valence-electron chi connectivity index (χ2n) is 16.5. The molecule has 0 bridgehead atoms. The van der Waals surface area contributed by atoms with Crippen molar-refractivity contribution < 1.29 is 19.7 Å². The Morgan fingerprint density at radius 2 is 1.71 bits per heavy atom. The maximum absolute atomic E-state index is 12.4. The Labute approximate surface area is 273 Å². The molecule has 0 aliphatic heterocycles. The van der Waals surface area contributed by atoms with Gasteiger partial charge in [0.2, 0.25) is 0 Å². The molecule has 3 saturated carbocycles. The van der Waals surface area contributed by atoms with Crippen molar-refractivity contribution in [2.75, 3.05) is 11.5 Å². The fraction of sp³-hybridized carbons (Fsp3) is 0.769. The van der Waals surface area contributed by atoms with Crippen molar-refractivity contribution in [3.8, 4) is 0 Å². The molecule has 4 aliphatic rings. The van der Waals surface area contributed by atoms with E-state index in [2.05, 4.69) is 40.7 Å². The fourth-order valence-electron chi connectivity index (χ4n) is 10.9. The molecule has 0 radical (unpaired) electrons. The molecular formula is C39H62N2O4. The Kier molecular flexibility index (Phi) is 11.0. The van der Waals surface area contributed by atoms with Crippen molar-refractivity contribution in [2.24, 2.45) is 52.3 Å². The third-order valence-corrected chi connectivity index (χ3v) is 13.3. The van der Waals surface area contributed by atoms with E-state index in [9.17, 15) is 10.1 Å². The van der Waals surface area contributed by atoms with Crippen LogP contribution in [0.5, 0.6) is 0 Å². The highest BCUT2D eigenvalue weighted by atomic mass is 17.1. The van der Waals surface area contributed by atoms with Gasteiger partial charge in [-0.15, -0.1) is 0 Å². The van der Waals surface area contributed by atoms with Crippen LogP contribution in [0, 0.1) is 52.3 Å². The third kappa shape index (κ3) is 7.43. The predicted octanol–water partition coefficient (Wildman–Crippen LogP) is 9.58. The number of nitrogen functional groups attached to an aromatic ring is 2. The number of rotatable bonds is 13. The van der Waals surface area contributed by atoms with E-state index in [1.807, 2.05) is 0 Å². The number of hydrogen-bond donors (Lipinski definition) is 3. The molecule has 5 N–H and O–H groups in total. The molecule has 6 nitrogen and oxygen atoms in total. The average Bonchev–Trinajstić information content (AvgIpc) is 3.34. The number of anilines is 2. The summed E-state index contributed by atoms with van der Waals surface area (Å²) >= 11 is 0. The summed E-state index contributed by atoms with van der Waals surface area (Å²) in [6, 6.07) is 5.22. The topological polar surface area (TPSA) is 108 Å². The van der Waals surface area contributed by atoms with Gasteiger partial charge in [-0.05, 0) is 140 Å². The lowest BCUT2D eigenvalue weighted by atomic mass is 9.46. The summed E-state index contributed by atoms with van der Waals surface area (Å²) in [6.07, 6.45) is 18.2. The molecule has 4 aliphatic carbocycles. The number of benzene rings is 1. The highest BCUT2D eigenvalue weighted by Gasteiger charge is 2.59. The summed E-state index contributed by atoms with van der Waals surface area (Å²) in [7, 11) is 0. The summed E-state index contributed by atoms with van der Waals surface area (Å²) in [5.74, 6) is 5.05. The normalized spacial score (nSPS) is 33.9. The molecule has 45 heavy (non-hydrogen) atoms. The summed E-state index contributed by atoms with van der Waals surface area (Å²) in [6.45, 7) is 12.7. The summed E-state index contributed by atoms with van der Waals surface area (Å²) in [5.41, 5.74) is 16.0. The van der Waals surface area contributed by atoms with Crippen LogP contribution in [0.15, 0.2) is 29.8 Å². The van der Waals surface area contributed by atoms with Crippen LogP contribution in [0.2, 0.25) is 0 Å². The Bertz CT molecular complexity index is 1180. The first-order chi connectivity index (χ1) is 21.4. The highest BCUT2D eigenvalue weighted by Crippen LogP contribution is 2.67. The van der Waals surface area contributed by atoms with E-state index in [0.717, 1.165) is 53.9 Å². The van der Waals surface area contributed by atoms with Crippen molar-refractivity contribution in [2.45, 2.75) is 137 Å². The zero-order valence-corrected chi connectivity index (χ0v) is 28.9. The number of carbonyl (C=O) groups is 1. The molecule has 0 saturated heterocycles. The molecule has 0 spiro atoms. The van der Waals surface area contributed by atoms with E-state index < -0.39 is 0 Å². The summed E-state index contributed by atoms with van der Waals surface area (Å²) in [4.78, 5) is 17.5. The quantitative estimate of drug-likeness (QED) is 0.0665. The molecular weight excluding hydrogens is 560 g/mol. The first-order valence-corrected chi connectivity index (χ1v) is 18.2. The molecule has 3 fully saturated rings. The van der Waals surface area contributed by atoms with Crippen LogP contribution in [0.3, 0.4) is 0 Å². The number of nitrogens with two attached hydrogens (primary N) is 2. The molecule has 9 unspecified atom stereocenters. The van der Waals surface area contributed by atoms with E-state index in [1.54, 1.807) is 23.8 Å². The van der Waals surface area contributed by atoms with Crippen LogP contribution in [0.1, 0.15) is 130 Å². The Morgan fingerprint density at radius 1 is 0.956 bits per heavy atom. The zero-order valence-electron chi connectivity index (χ0n) is 28.9. The largest absolute Gasteiger partial charge is 0.461 e. The van der Waals surface area contributed by atoms with Gasteiger partial charge in [0.15, 0.2) is 0 Å². The fourth-order valence-corrected chi connectivity index (χ4v) is 10.9. The number of fused-ring (bicyclic) bond motifs is 5. The Balaban J connectivity index is 1.14. The second kappa shape index (κ2) is 14.4. The van der Waals surface area contributed by atoms with Gasteiger partial charge in [-0.1, -0.05) is 65.5 Å². The van der Waals surface area contributed by atoms with Crippen LogP contribution >= 0.6 is 0 Å². The van der Waals surface area contributed by atoms with Crippen LogP contribution < -0.4 is 11.5 Å². The minimum Gasteiger partial charge on any atom is -0.461 e. The lowest BCUT2D eigenvalue weighted by molar-refractivity contribution is -0.293. The first-order valence-electron chi connectivity index (χ1n) is 18.2. The molecule has 5 rings (SSSR count). The van der Waals surface area contributed by atoms with Gasteiger partial charge in [-0.3, -0.25) is 10.1 Å². The minimum absolute atomic E-state index is 0.156.